The number of hydrogen-bond acceptors (Lipinski definition) is 4. The first-order chi connectivity index (χ1) is 32.0. The normalized spacial score (nSPS) is 14.0. The summed E-state index contributed by atoms with van der Waals surface area (Å²) in [6.45, 7) is 4.68. The highest BCUT2D eigenvalue weighted by Gasteiger charge is 2.35. The first-order valence-corrected chi connectivity index (χ1v) is 22.1. The summed E-state index contributed by atoms with van der Waals surface area (Å²) in [6.07, 6.45) is 0. The molecule has 0 N–H and O–H groups in total. The fourth-order valence-corrected chi connectivity index (χ4v) is 11.6. The van der Waals surface area contributed by atoms with Crippen molar-refractivity contribution in [2.75, 3.05) is 9.80 Å². The molecular formula is C57H40N2S2. The zero-order valence-electron chi connectivity index (χ0n) is 38.5. The minimum absolute atomic E-state index is 0.146. The van der Waals surface area contributed by atoms with E-state index in [1.807, 2.05) is 53.8 Å². The largest absolute Gasteiger partial charge is 0.310 e. The molecule has 4 heteroatoms. The Kier molecular flexibility index (Phi) is 7.14. The van der Waals surface area contributed by atoms with Crippen LogP contribution >= 0.6 is 22.7 Å². The maximum atomic E-state index is 8.56. The molecule has 9 aromatic carbocycles. The molecule has 2 aromatic heterocycles. The molecule has 290 valence electrons. The molecule has 0 unspecified atom stereocenters. The predicted molar refractivity (Wildman–Crippen MR) is 265 cm³/mol. The van der Waals surface area contributed by atoms with Crippen LogP contribution in [0.4, 0.5) is 34.1 Å². The van der Waals surface area contributed by atoms with Gasteiger partial charge in [0, 0.05) is 79.9 Å². The van der Waals surface area contributed by atoms with Gasteiger partial charge in [-0.1, -0.05) is 129 Å². The van der Waals surface area contributed by atoms with Crippen LogP contribution < -0.4 is 9.80 Å². The fraction of sp³-hybridized carbons (Fsp3) is 0.0526. The summed E-state index contributed by atoms with van der Waals surface area (Å²) < 4.78 is 46.5. The van der Waals surface area contributed by atoms with Crippen LogP contribution in [0.2, 0.25) is 0 Å². The third kappa shape index (κ3) is 5.89. The quantitative estimate of drug-likeness (QED) is 0.158. The minimum Gasteiger partial charge on any atom is -0.310 e. The van der Waals surface area contributed by atoms with Crippen molar-refractivity contribution < 1.29 is 6.85 Å². The van der Waals surface area contributed by atoms with E-state index in [4.69, 9.17) is 6.85 Å². The van der Waals surface area contributed by atoms with Crippen LogP contribution in [-0.4, -0.2) is 0 Å². The van der Waals surface area contributed by atoms with E-state index in [2.05, 4.69) is 157 Å². The van der Waals surface area contributed by atoms with Crippen LogP contribution in [0.1, 0.15) is 31.8 Å². The summed E-state index contributed by atoms with van der Waals surface area (Å²) in [4.78, 5) is 4.62. The molecule has 12 rings (SSSR count). The molecule has 1 aliphatic carbocycles. The molecule has 61 heavy (non-hydrogen) atoms. The average Bonchev–Trinajstić information content (AvgIpc) is 3.98. The van der Waals surface area contributed by atoms with Gasteiger partial charge in [0.05, 0.1) is 6.85 Å². The lowest BCUT2D eigenvalue weighted by molar-refractivity contribution is 0.660. The van der Waals surface area contributed by atoms with Crippen molar-refractivity contribution in [2.45, 2.75) is 19.3 Å². The van der Waals surface area contributed by atoms with Crippen LogP contribution in [0.25, 0.3) is 62.6 Å². The van der Waals surface area contributed by atoms with E-state index in [9.17, 15) is 0 Å². The van der Waals surface area contributed by atoms with Crippen molar-refractivity contribution >= 4 is 97.1 Å². The van der Waals surface area contributed by atoms with Gasteiger partial charge in [-0.15, -0.1) is 22.7 Å². The van der Waals surface area contributed by atoms with Gasteiger partial charge in [0.15, 0.2) is 0 Å². The highest BCUT2D eigenvalue weighted by molar-refractivity contribution is 7.26. The van der Waals surface area contributed by atoms with Crippen molar-refractivity contribution in [2.24, 2.45) is 0 Å². The van der Waals surface area contributed by atoms with E-state index < -0.39 is 6.04 Å². The van der Waals surface area contributed by atoms with Gasteiger partial charge in [-0.2, -0.15) is 0 Å². The third-order valence-electron chi connectivity index (χ3n) is 12.3. The monoisotopic (exact) mass is 821 g/mol. The molecule has 0 bridgehead atoms. The number of anilines is 6. The van der Waals surface area contributed by atoms with Crippen molar-refractivity contribution in [1.82, 2.24) is 0 Å². The van der Waals surface area contributed by atoms with Gasteiger partial charge >= 0.3 is 0 Å². The van der Waals surface area contributed by atoms with Crippen molar-refractivity contribution in [1.29, 1.82) is 0 Å². The molecule has 2 heterocycles. The third-order valence-corrected chi connectivity index (χ3v) is 14.6. The lowest BCUT2D eigenvalue weighted by atomic mass is 9.82. The Bertz CT molecular complexity index is 3730. The topological polar surface area (TPSA) is 6.48 Å². The maximum Gasteiger partial charge on any atom is 0.0629 e. The Hall–Kier alpha value is -6.98. The smallest absolute Gasteiger partial charge is 0.0629 e. The van der Waals surface area contributed by atoms with Crippen LogP contribution in [0.15, 0.2) is 206 Å². The lowest BCUT2D eigenvalue weighted by Gasteiger charge is -2.28. The van der Waals surface area contributed by atoms with Crippen LogP contribution in [-0.2, 0) is 5.41 Å². The van der Waals surface area contributed by atoms with E-state index in [1.165, 1.54) is 57.9 Å². The van der Waals surface area contributed by atoms with Crippen LogP contribution in [0.5, 0.6) is 0 Å². The summed E-state index contributed by atoms with van der Waals surface area (Å²) >= 11 is 3.62. The molecule has 1 aliphatic rings. The van der Waals surface area contributed by atoms with Gasteiger partial charge in [0.1, 0.15) is 0 Å². The lowest BCUT2D eigenvalue weighted by Crippen LogP contribution is -2.16. The SMILES string of the molecule is [2H]c1c([2H])c([2H])c(-c2ccc(N(c3ccccc3)c3ccc4c(c3)sc3ccc(N(c5ccc6c(c5)C(C)(C)c5ccccc5-6)c5ccc6sc7ccccc7c6c5)cc34)cc2)c([2H])c1[2H]. The molecule has 2 nitrogen and oxygen atoms in total. The number of para-hydroxylation sites is 1. The molecular weight excluding hydrogens is 777 g/mol. The number of benzene rings is 9. The molecule has 0 amide bonds. The van der Waals surface area contributed by atoms with Crippen molar-refractivity contribution in [3.05, 3.63) is 217 Å². The summed E-state index contributed by atoms with van der Waals surface area (Å²) in [5.41, 5.74) is 12.0. The molecule has 0 saturated carbocycles. The summed E-state index contributed by atoms with van der Waals surface area (Å²) in [6, 6.07) is 61.2. The Labute approximate surface area is 370 Å². The number of nitrogens with zero attached hydrogens (tertiary/aromatic N) is 2. The molecule has 0 spiro atoms. The Morgan fingerprint density at radius 1 is 0.377 bits per heavy atom. The number of hydrogen-bond donors (Lipinski definition) is 0. The molecule has 0 fully saturated rings. The van der Waals surface area contributed by atoms with E-state index in [0.29, 0.717) is 5.56 Å². The number of thiophene rings is 2. The van der Waals surface area contributed by atoms with Gasteiger partial charge in [-0.3, -0.25) is 0 Å². The zero-order chi connectivity index (χ0) is 45.0. The van der Waals surface area contributed by atoms with Gasteiger partial charge in [-0.05, 0) is 124 Å². The standard InChI is InChI=1S/C57H40N2S2/c1-57(2)51-19-11-9-17-45(51)46-29-25-43(35-52(46)57)59(41-27-31-54-49(33-41)47-18-10-12-20-53(47)60-54)42-28-32-55-50(34-42)48-30-26-44(36-56(48)61-55)58(39-15-7-4-8-16-39)40-23-21-38(22-24-40)37-13-5-3-6-14-37/h3-36H,1-2H3/i3D,5D,6D,13D,14D. The predicted octanol–water partition coefficient (Wildman–Crippen LogP) is 17.3. The Morgan fingerprint density at radius 3 is 1.67 bits per heavy atom. The Morgan fingerprint density at radius 2 is 0.902 bits per heavy atom. The maximum absolute atomic E-state index is 8.56. The fourth-order valence-electron chi connectivity index (χ4n) is 9.36. The molecule has 11 aromatic rings. The minimum atomic E-state index is -0.398. The summed E-state index contributed by atoms with van der Waals surface area (Å²) in [7, 11) is 0. The van der Waals surface area contributed by atoms with Crippen molar-refractivity contribution in [3.8, 4) is 22.3 Å². The second-order valence-corrected chi connectivity index (χ2v) is 18.4. The number of fused-ring (bicyclic) bond motifs is 9. The van der Waals surface area contributed by atoms with E-state index >= 15 is 0 Å². The second kappa shape index (κ2) is 14.1. The molecule has 0 aliphatic heterocycles. The summed E-state index contributed by atoms with van der Waals surface area (Å²) in [5.74, 6) is 0. The van der Waals surface area contributed by atoms with Crippen LogP contribution in [0, 0.1) is 0 Å². The van der Waals surface area contributed by atoms with Gasteiger partial charge in [0.25, 0.3) is 0 Å². The second-order valence-electron chi connectivity index (χ2n) is 16.2. The van der Waals surface area contributed by atoms with E-state index in [-0.39, 0.29) is 35.1 Å². The van der Waals surface area contributed by atoms with Gasteiger partial charge in [-0.25, -0.2) is 0 Å². The molecule has 0 saturated heterocycles. The molecule has 0 atom stereocenters. The first-order valence-electron chi connectivity index (χ1n) is 23.0. The molecule has 0 radical (unpaired) electrons. The van der Waals surface area contributed by atoms with Crippen LogP contribution in [0.3, 0.4) is 0 Å². The van der Waals surface area contributed by atoms with Crippen molar-refractivity contribution in [3.63, 3.8) is 0 Å². The first kappa shape index (κ1) is 31.0. The van der Waals surface area contributed by atoms with E-state index in [1.54, 1.807) is 11.3 Å². The van der Waals surface area contributed by atoms with Gasteiger partial charge in [0.2, 0.25) is 0 Å². The number of rotatable bonds is 7. The average molecular weight is 822 g/mol. The highest BCUT2D eigenvalue weighted by atomic mass is 32.1. The zero-order valence-corrected chi connectivity index (χ0v) is 35.1. The van der Waals surface area contributed by atoms with E-state index in [0.717, 1.165) is 38.8 Å². The highest BCUT2D eigenvalue weighted by Crippen LogP contribution is 2.51. The van der Waals surface area contributed by atoms with Gasteiger partial charge < -0.3 is 9.80 Å². The Balaban J connectivity index is 0.978. The summed E-state index contributed by atoms with van der Waals surface area (Å²) in [5, 5.41) is 4.90.